The van der Waals surface area contributed by atoms with E-state index in [1.54, 1.807) is 0 Å². The molecule has 0 aliphatic heterocycles. The van der Waals surface area contributed by atoms with E-state index in [9.17, 15) is 0 Å². The maximum absolute atomic E-state index is 5.59. The van der Waals surface area contributed by atoms with Crippen LogP contribution in [0.25, 0.3) is 0 Å². The van der Waals surface area contributed by atoms with E-state index >= 15 is 0 Å². The summed E-state index contributed by atoms with van der Waals surface area (Å²) >= 11 is 1.44. The lowest BCUT2D eigenvalue weighted by molar-refractivity contribution is 0.421. The van der Waals surface area contributed by atoms with E-state index in [0.29, 0.717) is 17.5 Å². The van der Waals surface area contributed by atoms with Crippen molar-refractivity contribution < 1.29 is 4.42 Å². The van der Waals surface area contributed by atoms with Crippen LogP contribution in [-0.4, -0.2) is 16.5 Å². The van der Waals surface area contributed by atoms with Crippen molar-refractivity contribution in [2.45, 2.75) is 11.6 Å². The largest absolute Gasteiger partial charge is 0.416 e. The van der Waals surface area contributed by atoms with Gasteiger partial charge in [-0.15, -0.1) is 10.2 Å². The molecule has 2 N–H and O–H groups in total. The van der Waals surface area contributed by atoms with E-state index < -0.39 is 0 Å². The number of thioether (sulfide) groups is 1. The monoisotopic (exact) mass is 221 g/mol. The Morgan fingerprint density at radius 2 is 2.00 bits per heavy atom. The summed E-state index contributed by atoms with van der Waals surface area (Å²) in [5.74, 6) is 0.629. The highest BCUT2D eigenvalue weighted by atomic mass is 32.2. The van der Waals surface area contributed by atoms with Gasteiger partial charge in [0.15, 0.2) is 0 Å². The number of hydrogen-bond donors (Lipinski definition) is 1. The van der Waals surface area contributed by atoms with Gasteiger partial charge < -0.3 is 10.2 Å². The van der Waals surface area contributed by atoms with E-state index in [1.807, 2.05) is 30.5 Å². The van der Waals surface area contributed by atoms with E-state index in [1.165, 1.54) is 11.8 Å². The molecular weight excluding hydrogens is 210 g/mol. The first-order valence-electron chi connectivity index (χ1n) is 4.48. The van der Waals surface area contributed by atoms with E-state index in [-0.39, 0.29) is 0 Å². The van der Waals surface area contributed by atoms with Gasteiger partial charge in [0.2, 0.25) is 5.89 Å². The minimum atomic E-state index is 0.598. The number of nitrogens with zero attached hydrogens (tertiary/aromatic N) is 2. The zero-order valence-electron chi connectivity index (χ0n) is 8.30. The van der Waals surface area contributed by atoms with Gasteiger partial charge in [-0.1, -0.05) is 23.9 Å². The van der Waals surface area contributed by atoms with Crippen molar-refractivity contribution in [3.05, 3.63) is 35.7 Å². The standard InChI is InChI=1S/C10H11N3OS/c1-15-10-13-12-9(14-10)6-7-2-4-8(11)5-3-7/h2-5H,6,11H2,1H3. The molecule has 15 heavy (non-hydrogen) atoms. The van der Waals surface area contributed by atoms with Gasteiger partial charge in [0.25, 0.3) is 5.22 Å². The van der Waals surface area contributed by atoms with Crippen molar-refractivity contribution in [3.63, 3.8) is 0 Å². The van der Waals surface area contributed by atoms with Gasteiger partial charge in [-0.3, -0.25) is 0 Å². The third kappa shape index (κ3) is 2.50. The third-order valence-electron chi connectivity index (χ3n) is 1.96. The van der Waals surface area contributed by atoms with Crippen molar-refractivity contribution in [3.8, 4) is 0 Å². The van der Waals surface area contributed by atoms with Crippen molar-refractivity contribution in [2.75, 3.05) is 12.0 Å². The van der Waals surface area contributed by atoms with E-state index in [0.717, 1.165) is 11.3 Å². The Morgan fingerprint density at radius 3 is 2.60 bits per heavy atom. The lowest BCUT2D eigenvalue weighted by Crippen LogP contribution is -1.89. The average molecular weight is 221 g/mol. The van der Waals surface area contributed by atoms with E-state index in [2.05, 4.69) is 10.2 Å². The summed E-state index contributed by atoms with van der Waals surface area (Å²) in [5.41, 5.74) is 7.46. The number of nitrogens with two attached hydrogens (primary N) is 1. The summed E-state index contributed by atoms with van der Waals surface area (Å²) in [4.78, 5) is 0. The highest BCUT2D eigenvalue weighted by Gasteiger charge is 2.05. The fourth-order valence-corrected chi connectivity index (χ4v) is 1.50. The molecule has 0 saturated heterocycles. The van der Waals surface area contributed by atoms with Crippen LogP contribution in [0, 0.1) is 0 Å². The topological polar surface area (TPSA) is 64.9 Å². The normalized spacial score (nSPS) is 10.5. The Kier molecular flexibility index (Phi) is 2.91. The van der Waals surface area contributed by atoms with Crippen molar-refractivity contribution >= 4 is 17.4 Å². The molecule has 0 spiro atoms. The zero-order valence-corrected chi connectivity index (χ0v) is 9.12. The van der Waals surface area contributed by atoms with Crippen LogP contribution in [0.1, 0.15) is 11.5 Å². The molecule has 0 bridgehead atoms. The van der Waals surface area contributed by atoms with Crippen LogP contribution in [0.3, 0.4) is 0 Å². The molecule has 0 radical (unpaired) electrons. The molecule has 5 heteroatoms. The number of hydrogen-bond acceptors (Lipinski definition) is 5. The fraction of sp³-hybridized carbons (Fsp3) is 0.200. The summed E-state index contributed by atoms with van der Waals surface area (Å²) in [6, 6.07) is 7.64. The Morgan fingerprint density at radius 1 is 1.27 bits per heavy atom. The number of benzene rings is 1. The Balaban J connectivity index is 2.11. The van der Waals surface area contributed by atoms with Crippen LogP contribution in [0.2, 0.25) is 0 Å². The molecule has 0 amide bonds. The molecule has 1 heterocycles. The maximum Gasteiger partial charge on any atom is 0.276 e. The SMILES string of the molecule is CSc1nnc(Cc2ccc(N)cc2)o1. The van der Waals surface area contributed by atoms with Crippen LogP contribution in [0.4, 0.5) is 5.69 Å². The van der Waals surface area contributed by atoms with Crippen LogP contribution in [0.5, 0.6) is 0 Å². The van der Waals surface area contributed by atoms with Gasteiger partial charge in [0.1, 0.15) is 0 Å². The molecule has 78 valence electrons. The number of rotatable bonds is 3. The predicted molar refractivity (Wildman–Crippen MR) is 59.7 cm³/mol. The van der Waals surface area contributed by atoms with Gasteiger partial charge in [-0.05, 0) is 24.0 Å². The molecule has 0 saturated carbocycles. The van der Waals surface area contributed by atoms with Crippen LogP contribution < -0.4 is 5.73 Å². The minimum absolute atomic E-state index is 0.598. The molecule has 0 unspecified atom stereocenters. The molecule has 2 aromatic rings. The highest BCUT2D eigenvalue weighted by molar-refractivity contribution is 7.98. The molecule has 0 fully saturated rings. The second kappa shape index (κ2) is 4.35. The summed E-state index contributed by atoms with van der Waals surface area (Å²) in [7, 11) is 0. The fourth-order valence-electron chi connectivity index (χ4n) is 1.20. The smallest absolute Gasteiger partial charge is 0.276 e. The Hall–Kier alpha value is -1.49. The van der Waals surface area contributed by atoms with Crippen LogP contribution in [-0.2, 0) is 6.42 Å². The second-order valence-electron chi connectivity index (χ2n) is 3.08. The van der Waals surface area contributed by atoms with Gasteiger partial charge in [-0.25, -0.2) is 0 Å². The summed E-state index contributed by atoms with van der Waals surface area (Å²) in [5, 5.41) is 8.40. The van der Waals surface area contributed by atoms with Gasteiger partial charge in [0.05, 0.1) is 6.42 Å². The Bertz CT molecular complexity index is 438. The second-order valence-corrected chi connectivity index (χ2v) is 3.84. The number of aromatic nitrogens is 2. The van der Waals surface area contributed by atoms with Crippen molar-refractivity contribution in [2.24, 2.45) is 0 Å². The zero-order chi connectivity index (χ0) is 10.7. The molecule has 0 aliphatic rings. The molecule has 1 aromatic heterocycles. The Labute approximate surface area is 91.9 Å². The third-order valence-corrected chi connectivity index (χ3v) is 2.47. The first kappa shape index (κ1) is 10.0. The molecule has 0 aliphatic carbocycles. The van der Waals surface area contributed by atoms with Gasteiger partial charge >= 0.3 is 0 Å². The summed E-state index contributed by atoms with van der Waals surface area (Å²) < 4.78 is 5.38. The van der Waals surface area contributed by atoms with E-state index in [4.69, 9.17) is 10.2 Å². The average Bonchev–Trinajstić information content (AvgIpc) is 2.69. The molecule has 0 atom stereocenters. The summed E-state index contributed by atoms with van der Waals surface area (Å²) in [6.45, 7) is 0. The summed E-state index contributed by atoms with van der Waals surface area (Å²) in [6.07, 6.45) is 2.55. The van der Waals surface area contributed by atoms with Crippen molar-refractivity contribution in [1.29, 1.82) is 0 Å². The molecular formula is C10H11N3OS. The molecule has 2 rings (SSSR count). The predicted octanol–water partition coefficient (Wildman–Crippen LogP) is 1.96. The molecule has 4 nitrogen and oxygen atoms in total. The van der Waals surface area contributed by atoms with Crippen LogP contribution in [0.15, 0.2) is 33.9 Å². The highest BCUT2D eigenvalue weighted by Crippen LogP contribution is 2.15. The number of nitrogen functional groups attached to an aromatic ring is 1. The minimum Gasteiger partial charge on any atom is -0.416 e. The van der Waals surface area contributed by atoms with Crippen molar-refractivity contribution in [1.82, 2.24) is 10.2 Å². The lowest BCUT2D eigenvalue weighted by atomic mass is 10.1. The quantitative estimate of drug-likeness (QED) is 0.634. The first-order chi connectivity index (χ1) is 7.28. The lowest BCUT2D eigenvalue weighted by Gasteiger charge is -1.97. The first-order valence-corrected chi connectivity index (χ1v) is 5.71. The van der Waals surface area contributed by atoms with Gasteiger partial charge in [0, 0.05) is 5.69 Å². The maximum atomic E-state index is 5.59. The van der Waals surface area contributed by atoms with Gasteiger partial charge in [-0.2, -0.15) is 0 Å². The number of anilines is 1. The van der Waals surface area contributed by atoms with Crippen LogP contribution >= 0.6 is 11.8 Å². The molecule has 1 aromatic carbocycles.